The Balaban J connectivity index is 2.44. The van der Waals surface area contributed by atoms with Crippen molar-refractivity contribution in [3.05, 3.63) is 28.7 Å². The largest absolute Gasteiger partial charge is 0.399 e. The average Bonchev–Trinajstić information content (AvgIpc) is 2.22. The fraction of sp³-hybridized carbons (Fsp3) is 0.200. The van der Waals surface area contributed by atoms with Gasteiger partial charge < -0.3 is 10.2 Å². The van der Waals surface area contributed by atoms with E-state index in [0.717, 1.165) is 10.2 Å². The van der Waals surface area contributed by atoms with Crippen molar-refractivity contribution in [2.45, 2.75) is 6.42 Å². The third kappa shape index (κ3) is 4.60. The molecule has 1 amide bonds. The molecule has 1 rings (SSSR count). The first-order chi connectivity index (χ1) is 7.22. The minimum absolute atomic E-state index is 0.127. The second-order valence-electron chi connectivity index (χ2n) is 2.73. The minimum Gasteiger partial charge on any atom is -0.399 e. The number of oxime groups is 1. The smallest absolute Gasteiger partial charge is 0.229 e. The highest BCUT2D eigenvalue weighted by Crippen LogP contribution is 2.13. The minimum atomic E-state index is -0.127. The Morgan fingerprint density at radius 1 is 1.53 bits per heavy atom. The molecule has 4 nitrogen and oxygen atoms in total. The normalized spacial score (nSPS) is 10.3. The van der Waals surface area contributed by atoms with Gasteiger partial charge in [-0.25, -0.2) is 0 Å². The molecule has 0 aromatic heterocycles. The van der Waals surface area contributed by atoms with Gasteiger partial charge in [-0.3, -0.25) is 4.79 Å². The molecule has 0 aliphatic heterocycles. The topological polar surface area (TPSA) is 50.7 Å². The fourth-order valence-corrected chi connectivity index (χ4v) is 1.20. The molecule has 5 heteroatoms. The van der Waals surface area contributed by atoms with Crippen molar-refractivity contribution in [2.75, 3.05) is 12.4 Å². The summed E-state index contributed by atoms with van der Waals surface area (Å²) in [6.45, 7) is 0. The van der Waals surface area contributed by atoms with Crippen LogP contribution in [-0.4, -0.2) is 19.2 Å². The third-order valence-corrected chi connectivity index (χ3v) is 2.11. The zero-order valence-electron chi connectivity index (χ0n) is 8.24. The van der Waals surface area contributed by atoms with E-state index in [2.05, 4.69) is 31.2 Å². The van der Waals surface area contributed by atoms with Crippen LogP contribution in [0.15, 0.2) is 33.9 Å². The van der Waals surface area contributed by atoms with Crippen LogP contribution < -0.4 is 5.32 Å². The quantitative estimate of drug-likeness (QED) is 0.675. The first kappa shape index (κ1) is 11.7. The SMILES string of the molecule is CO/N=C\CC(=O)Nc1ccc(Br)cc1. The van der Waals surface area contributed by atoms with Gasteiger partial charge in [-0.15, -0.1) is 0 Å². The van der Waals surface area contributed by atoms with Gasteiger partial charge in [-0.2, -0.15) is 0 Å². The Morgan fingerprint density at radius 2 is 2.20 bits per heavy atom. The maximum atomic E-state index is 11.3. The van der Waals surface area contributed by atoms with Gasteiger partial charge in [-0.05, 0) is 24.3 Å². The molecule has 0 saturated carbocycles. The van der Waals surface area contributed by atoms with Gasteiger partial charge in [-0.1, -0.05) is 21.1 Å². The van der Waals surface area contributed by atoms with Gasteiger partial charge in [0, 0.05) is 10.2 Å². The van der Waals surface area contributed by atoms with Crippen LogP contribution in [0.25, 0.3) is 0 Å². The van der Waals surface area contributed by atoms with E-state index in [-0.39, 0.29) is 12.3 Å². The summed E-state index contributed by atoms with van der Waals surface area (Å²) in [5.41, 5.74) is 0.758. The summed E-state index contributed by atoms with van der Waals surface area (Å²) in [6.07, 6.45) is 1.61. The molecule has 0 atom stereocenters. The number of hydrogen-bond donors (Lipinski definition) is 1. The van der Waals surface area contributed by atoms with Crippen molar-refractivity contribution in [1.82, 2.24) is 0 Å². The maximum Gasteiger partial charge on any atom is 0.229 e. The van der Waals surface area contributed by atoms with Crippen LogP contribution in [0.2, 0.25) is 0 Å². The monoisotopic (exact) mass is 270 g/mol. The highest BCUT2D eigenvalue weighted by Gasteiger charge is 1.99. The van der Waals surface area contributed by atoms with Gasteiger partial charge in [0.1, 0.15) is 7.11 Å². The number of rotatable bonds is 4. The van der Waals surface area contributed by atoms with Crippen LogP contribution in [0, 0.1) is 0 Å². The molecule has 15 heavy (non-hydrogen) atoms. The van der Waals surface area contributed by atoms with E-state index in [9.17, 15) is 4.79 Å². The average molecular weight is 271 g/mol. The number of anilines is 1. The summed E-state index contributed by atoms with van der Waals surface area (Å²) >= 11 is 3.31. The van der Waals surface area contributed by atoms with Crippen molar-refractivity contribution < 1.29 is 9.63 Å². The highest BCUT2D eigenvalue weighted by molar-refractivity contribution is 9.10. The zero-order valence-corrected chi connectivity index (χ0v) is 9.82. The zero-order chi connectivity index (χ0) is 11.1. The number of carbonyl (C=O) groups excluding carboxylic acids is 1. The van der Waals surface area contributed by atoms with Crippen molar-refractivity contribution in [3.8, 4) is 0 Å². The van der Waals surface area contributed by atoms with Crippen LogP contribution in [0.1, 0.15) is 6.42 Å². The summed E-state index contributed by atoms with van der Waals surface area (Å²) in [6, 6.07) is 7.35. The Kier molecular flexibility index (Phi) is 4.83. The molecule has 80 valence electrons. The van der Waals surface area contributed by atoms with E-state index in [4.69, 9.17) is 0 Å². The van der Waals surface area contributed by atoms with Gasteiger partial charge in [0.05, 0.1) is 12.6 Å². The lowest BCUT2D eigenvalue weighted by atomic mass is 10.3. The van der Waals surface area contributed by atoms with Crippen LogP contribution in [0.5, 0.6) is 0 Å². The van der Waals surface area contributed by atoms with Gasteiger partial charge in [0.15, 0.2) is 0 Å². The molecule has 0 radical (unpaired) electrons. The Labute approximate surface area is 96.4 Å². The van der Waals surface area contributed by atoms with E-state index in [1.165, 1.54) is 13.3 Å². The van der Waals surface area contributed by atoms with E-state index in [0.29, 0.717) is 0 Å². The van der Waals surface area contributed by atoms with Crippen LogP contribution in [0.3, 0.4) is 0 Å². The lowest BCUT2D eigenvalue weighted by Gasteiger charge is -2.02. The molecule has 0 aliphatic rings. The molecule has 0 fully saturated rings. The molecule has 0 saturated heterocycles. The predicted molar refractivity (Wildman–Crippen MR) is 62.9 cm³/mol. The van der Waals surface area contributed by atoms with Crippen molar-refractivity contribution >= 4 is 33.7 Å². The number of nitrogens with one attached hydrogen (secondary N) is 1. The summed E-state index contributed by atoms with van der Waals surface area (Å²) in [5, 5.41) is 6.20. The van der Waals surface area contributed by atoms with Crippen molar-refractivity contribution in [2.24, 2.45) is 5.16 Å². The van der Waals surface area contributed by atoms with E-state index < -0.39 is 0 Å². The number of carbonyl (C=O) groups is 1. The van der Waals surface area contributed by atoms with Gasteiger partial charge >= 0.3 is 0 Å². The fourth-order valence-electron chi connectivity index (χ4n) is 0.940. The number of amides is 1. The molecule has 1 aromatic carbocycles. The Morgan fingerprint density at radius 3 is 2.80 bits per heavy atom. The van der Waals surface area contributed by atoms with Crippen LogP contribution in [-0.2, 0) is 9.63 Å². The molecule has 0 aliphatic carbocycles. The summed E-state index contributed by atoms with van der Waals surface area (Å²) in [5.74, 6) is -0.127. The summed E-state index contributed by atoms with van der Waals surface area (Å²) in [7, 11) is 1.43. The highest BCUT2D eigenvalue weighted by atomic mass is 79.9. The van der Waals surface area contributed by atoms with E-state index >= 15 is 0 Å². The molecule has 1 N–H and O–H groups in total. The van der Waals surface area contributed by atoms with Gasteiger partial charge in [0.2, 0.25) is 5.91 Å². The molecular weight excluding hydrogens is 260 g/mol. The third-order valence-electron chi connectivity index (χ3n) is 1.58. The number of nitrogens with zero attached hydrogens (tertiary/aromatic N) is 1. The predicted octanol–water partition coefficient (Wildman–Crippen LogP) is 2.41. The molecule has 0 spiro atoms. The first-order valence-corrected chi connectivity index (χ1v) is 5.12. The number of halogens is 1. The number of hydrogen-bond acceptors (Lipinski definition) is 3. The molecule has 1 aromatic rings. The Bertz CT molecular complexity index is 349. The van der Waals surface area contributed by atoms with E-state index in [1.54, 1.807) is 0 Å². The standard InChI is InChI=1S/C10H11BrN2O2/c1-15-12-7-6-10(14)13-9-4-2-8(11)3-5-9/h2-5,7H,6H2,1H3,(H,13,14)/b12-7-. The second-order valence-corrected chi connectivity index (χ2v) is 3.65. The summed E-state index contributed by atoms with van der Waals surface area (Å²) < 4.78 is 0.974. The number of benzene rings is 1. The molecule has 0 bridgehead atoms. The second kappa shape index (κ2) is 6.19. The first-order valence-electron chi connectivity index (χ1n) is 4.33. The lowest BCUT2D eigenvalue weighted by molar-refractivity contribution is -0.115. The lowest BCUT2D eigenvalue weighted by Crippen LogP contribution is -2.11. The molecule has 0 unspecified atom stereocenters. The van der Waals surface area contributed by atoms with E-state index in [1.807, 2.05) is 24.3 Å². The van der Waals surface area contributed by atoms with Crippen molar-refractivity contribution in [3.63, 3.8) is 0 Å². The molecule has 0 heterocycles. The maximum absolute atomic E-state index is 11.3. The Hall–Kier alpha value is -1.36. The van der Waals surface area contributed by atoms with Crippen LogP contribution >= 0.6 is 15.9 Å². The summed E-state index contributed by atoms with van der Waals surface area (Å²) in [4.78, 5) is 15.7. The van der Waals surface area contributed by atoms with Crippen LogP contribution in [0.4, 0.5) is 5.69 Å². The van der Waals surface area contributed by atoms with Gasteiger partial charge in [0.25, 0.3) is 0 Å². The molecular formula is C10H11BrN2O2. The van der Waals surface area contributed by atoms with Crippen molar-refractivity contribution in [1.29, 1.82) is 0 Å².